The number of rotatable bonds is 9. The van der Waals surface area contributed by atoms with E-state index in [1.165, 1.54) is 7.11 Å². The molecule has 5 rings (SSSR count). The van der Waals surface area contributed by atoms with E-state index in [0.717, 1.165) is 59.3 Å². The lowest BCUT2D eigenvalue weighted by Gasteiger charge is -2.36. The van der Waals surface area contributed by atoms with E-state index in [1.807, 2.05) is 50.1 Å². The largest absolute Gasteiger partial charge is 0.467 e. The second kappa shape index (κ2) is 13.8. The molecule has 12 heteroatoms. The number of methoxy groups -OCH3 is 1. The minimum Gasteiger partial charge on any atom is -0.467 e. The van der Waals surface area contributed by atoms with Gasteiger partial charge in [0.05, 0.1) is 13.7 Å². The second-order valence-corrected chi connectivity index (χ2v) is 13.4. The Morgan fingerprint density at radius 3 is 2.26 bits per heavy atom. The third-order valence-corrected chi connectivity index (χ3v) is 8.10. The maximum absolute atomic E-state index is 13.4. The second-order valence-electron chi connectivity index (χ2n) is 13.4. The van der Waals surface area contributed by atoms with Crippen molar-refractivity contribution in [1.29, 1.82) is 0 Å². The van der Waals surface area contributed by atoms with Crippen LogP contribution < -0.4 is 15.0 Å². The van der Waals surface area contributed by atoms with Gasteiger partial charge in [-0.3, -0.25) is 9.58 Å². The number of aryl methyl sites for hydroxylation is 2. The molecular weight excluding hydrogens is 582 g/mol. The quantitative estimate of drug-likeness (QED) is 0.223. The summed E-state index contributed by atoms with van der Waals surface area (Å²) in [5.74, 6) is 1.37. The zero-order valence-electron chi connectivity index (χ0n) is 28.1. The summed E-state index contributed by atoms with van der Waals surface area (Å²) in [5.41, 5.74) is 5.35. The van der Waals surface area contributed by atoms with Crippen LogP contribution in [0.4, 0.5) is 16.6 Å². The minimum absolute atomic E-state index is 0.0590. The molecule has 1 fully saturated rings. The van der Waals surface area contributed by atoms with Crippen molar-refractivity contribution in [3.8, 4) is 28.5 Å². The molecule has 0 unspecified atom stereocenters. The van der Waals surface area contributed by atoms with Crippen LogP contribution in [-0.4, -0.2) is 66.6 Å². The average Bonchev–Trinajstić information content (AvgIpc) is 3.38. The van der Waals surface area contributed by atoms with E-state index in [9.17, 15) is 4.79 Å². The first-order valence-corrected chi connectivity index (χ1v) is 15.9. The molecule has 12 nitrogen and oxygen atoms in total. The normalized spacial score (nSPS) is 16.7. The van der Waals surface area contributed by atoms with Crippen LogP contribution in [-0.2, 0) is 17.2 Å². The van der Waals surface area contributed by atoms with Gasteiger partial charge in [-0.1, -0.05) is 34.6 Å². The highest BCUT2D eigenvalue weighted by Crippen LogP contribution is 2.34. The standard InChI is InChI=1S/C34H45N9O3/c1-21(2)20-46-33(44)43(28-14-9-23(15-35-28)24-16-37-32(45-8)38-17-24)26-12-10-25(11-13-26)39-31-36-18-27(34(4,5)6)30(40-31)29-22(3)19-42(7)41-29/h9,14-19,21,25-26H,10-13,20H2,1-8H3,(H,36,39,40). The molecule has 1 aliphatic rings. The highest BCUT2D eigenvalue weighted by Gasteiger charge is 2.33. The summed E-state index contributed by atoms with van der Waals surface area (Å²) in [5, 5.41) is 8.28. The van der Waals surface area contributed by atoms with Gasteiger partial charge >= 0.3 is 12.1 Å². The molecule has 4 heterocycles. The lowest BCUT2D eigenvalue weighted by atomic mass is 9.86. The number of hydrogen-bond donors (Lipinski definition) is 1. The predicted octanol–water partition coefficient (Wildman–Crippen LogP) is 6.37. The van der Waals surface area contributed by atoms with Gasteiger partial charge in [-0.2, -0.15) is 5.10 Å². The van der Waals surface area contributed by atoms with Crippen molar-refractivity contribution in [2.75, 3.05) is 23.9 Å². The first-order chi connectivity index (χ1) is 21.9. The van der Waals surface area contributed by atoms with Gasteiger partial charge in [0.1, 0.15) is 17.2 Å². The van der Waals surface area contributed by atoms with Crippen molar-refractivity contribution in [3.63, 3.8) is 0 Å². The fourth-order valence-corrected chi connectivity index (χ4v) is 5.69. The third kappa shape index (κ3) is 7.60. The fraction of sp³-hybridized carbons (Fsp3) is 0.500. The van der Waals surface area contributed by atoms with E-state index in [0.29, 0.717) is 24.4 Å². The summed E-state index contributed by atoms with van der Waals surface area (Å²) in [6.45, 7) is 12.9. The number of nitrogens with zero attached hydrogens (tertiary/aromatic N) is 8. The van der Waals surface area contributed by atoms with Gasteiger partial charge in [-0.15, -0.1) is 0 Å². The Morgan fingerprint density at radius 1 is 1.00 bits per heavy atom. The number of amides is 1. The van der Waals surface area contributed by atoms with Crippen LogP contribution in [0.5, 0.6) is 6.01 Å². The molecule has 0 spiro atoms. The molecule has 46 heavy (non-hydrogen) atoms. The maximum atomic E-state index is 13.4. The van der Waals surface area contributed by atoms with E-state index in [-0.39, 0.29) is 29.5 Å². The Labute approximate surface area is 271 Å². The van der Waals surface area contributed by atoms with Gasteiger partial charge in [-0.25, -0.2) is 29.7 Å². The van der Waals surface area contributed by atoms with E-state index < -0.39 is 0 Å². The van der Waals surface area contributed by atoms with Crippen LogP contribution in [0.2, 0.25) is 0 Å². The Hall–Kier alpha value is -4.61. The zero-order chi connectivity index (χ0) is 33.0. The summed E-state index contributed by atoms with van der Waals surface area (Å²) in [4.78, 5) is 37.9. The molecule has 0 radical (unpaired) electrons. The minimum atomic E-state index is -0.380. The molecule has 1 saturated carbocycles. The number of pyridine rings is 1. The van der Waals surface area contributed by atoms with Gasteiger partial charge in [0, 0.05) is 66.8 Å². The molecule has 4 aromatic rings. The Balaban J connectivity index is 1.32. The molecule has 0 aliphatic heterocycles. The smallest absolute Gasteiger partial charge is 0.415 e. The Kier molecular flexibility index (Phi) is 9.83. The van der Waals surface area contributed by atoms with Crippen molar-refractivity contribution in [2.24, 2.45) is 13.0 Å². The summed E-state index contributed by atoms with van der Waals surface area (Å²) in [6, 6.07) is 4.18. The molecule has 0 atom stereocenters. The van der Waals surface area contributed by atoms with Gasteiger partial charge in [0.15, 0.2) is 0 Å². The summed E-state index contributed by atoms with van der Waals surface area (Å²) in [6.07, 6.45) is 11.9. The predicted molar refractivity (Wildman–Crippen MR) is 178 cm³/mol. The van der Waals surface area contributed by atoms with Crippen LogP contribution in [0, 0.1) is 12.8 Å². The number of hydrogen-bond acceptors (Lipinski definition) is 10. The number of ether oxygens (including phenoxy) is 2. The van der Waals surface area contributed by atoms with Crippen molar-refractivity contribution in [1.82, 2.24) is 34.7 Å². The molecule has 1 N–H and O–H groups in total. The van der Waals surface area contributed by atoms with Crippen molar-refractivity contribution >= 4 is 17.9 Å². The monoisotopic (exact) mass is 627 g/mol. The van der Waals surface area contributed by atoms with Crippen LogP contribution in [0.3, 0.4) is 0 Å². The Morgan fingerprint density at radius 2 is 1.70 bits per heavy atom. The SMILES string of the molecule is COc1ncc(-c2ccc(N(C(=O)OCC(C)C)C3CCC(Nc4ncc(C(C)(C)C)c(-c5nn(C)cc5C)n4)CC3)nc2)cn1. The van der Waals surface area contributed by atoms with Crippen LogP contribution in [0.25, 0.3) is 22.5 Å². The first-order valence-electron chi connectivity index (χ1n) is 15.9. The van der Waals surface area contributed by atoms with Gasteiger partial charge in [-0.05, 0) is 61.6 Å². The number of aromatic nitrogens is 7. The number of carbonyl (C=O) groups excluding carboxylic acids is 1. The van der Waals surface area contributed by atoms with Gasteiger partial charge < -0.3 is 14.8 Å². The topological polar surface area (TPSA) is 133 Å². The van der Waals surface area contributed by atoms with E-state index in [2.05, 4.69) is 48.0 Å². The molecular formula is C34H45N9O3. The molecule has 4 aromatic heterocycles. The van der Waals surface area contributed by atoms with Crippen molar-refractivity contribution in [3.05, 3.63) is 54.2 Å². The third-order valence-electron chi connectivity index (χ3n) is 8.10. The molecule has 0 aromatic carbocycles. The van der Waals surface area contributed by atoms with Gasteiger partial charge in [0.25, 0.3) is 0 Å². The lowest BCUT2D eigenvalue weighted by Crippen LogP contribution is -2.45. The summed E-state index contributed by atoms with van der Waals surface area (Å²) in [7, 11) is 3.45. The fourth-order valence-electron chi connectivity index (χ4n) is 5.69. The van der Waals surface area contributed by atoms with Gasteiger partial charge in [0.2, 0.25) is 5.95 Å². The van der Waals surface area contributed by atoms with E-state index >= 15 is 0 Å². The molecule has 1 amide bonds. The maximum Gasteiger partial charge on any atom is 0.415 e. The lowest BCUT2D eigenvalue weighted by molar-refractivity contribution is 0.135. The van der Waals surface area contributed by atoms with Crippen molar-refractivity contribution in [2.45, 2.75) is 84.7 Å². The summed E-state index contributed by atoms with van der Waals surface area (Å²) >= 11 is 0. The number of carbonyl (C=O) groups is 1. The highest BCUT2D eigenvalue weighted by molar-refractivity contribution is 5.87. The number of anilines is 2. The molecule has 0 bridgehead atoms. The molecule has 244 valence electrons. The summed E-state index contributed by atoms with van der Waals surface area (Å²) < 4.78 is 12.6. The molecule has 1 aliphatic carbocycles. The van der Waals surface area contributed by atoms with Crippen LogP contribution >= 0.6 is 0 Å². The van der Waals surface area contributed by atoms with Crippen molar-refractivity contribution < 1.29 is 14.3 Å². The molecule has 0 saturated heterocycles. The van der Waals surface area contributed by atoms with E-state index in [4.69, 9.17) is 24.5 Å². The van der Waals surface area contributed by atoms with E-state index in [1.54, 1.807) is 23.5 Å². The Bertz CT molecular complexity index is 1620. The van der Waals surface area contributed by atoms with Crippen LogP contribution in [0.1, 0.15) is 71.4 Å². The number of nitrogens with one attached hydrogen (secondary N) is 1. The average molecular weight is 628 g/mol. The first kappa shape index (κ1) is 32.8. The zero-order valence-corrected chi connectivity index (χ0v) is 28.1. The van der Waals surface area contributed by atoms with Crippen LogP contribution in [0.15, 0.2) is 43.1 Å². The highest BCUT2D eigenvalue weighted by atomic mass is 16.6.